The van der Waals surface area contributed by atoms with Crippen LogP contribution in [0.25, 0.3) is 0 Å². The fraction of sp³-hybridized carbons (Fsp3) is 1.00. The quantitative estimate of drug-likeness (QED) is 0.458. The first-order valence-corrected chi connectivity index (χ1v) is 5.62. The van der Waals surface area contributed by atoms with Gasteiger partial charge in [0.1, 0.15) is 0 Å². The summed E-state index contributed by atoms with van der Waals surface area (Å²) in [6.07, 6.45) is 5.65. The van der Waals surface area contributed by atoms with Gasteiger partial charge in [0.15, 0.2) is 5.66 Å². The maximum Gasteiger partial charge on any atom is 0.508 e. The summed E-state index contributed by atoms with van der Waals surface area (Å²) in [7, 11) is -1.93. The van der Waals surface area contributed by atoms with Gasteiger partial charge in [0.2, 0.25) is 0 Å². The first-order valence-electron chi connectivity index (χ1n) is 4.33. The standard InChI is InChI=1S/C8H17O2P.Mo/c1-3-4-5-6-7-8(2)11(9)10;/h8H,3-7H2,1-2H3;/p+1. The Morgan fingerprint density at radius 1 is 1.33 bits per heavy atom. The topological polar surface area (TPSA) is 37.3 Å². The summed E-state index contributed by atoms with van der Waals surface area (Å²) in [5.74, 6) is 0. The second kappa shape index (κ2) is 9.83. The van der Waals surface area contributed by atoms with Crippen LogP contribution in [0.15, 0.2) is 0 Å². The fourth-order valence-electron chi connectivity index (χ4n) is 0.977. The summed E-state index contributed by atoms with van der Waals surface area (Å²) >= 11 is 0. The molecule has 0 spiro atoms. The third-order valence-electron chi connectivity index (χ3n) is 1.85. The second-order valence-corrected chi connectivity index (χ2v) is 4.49. The van der Waals surface area contributed by atoms with Crippen LogP contribution in [0.1, 0.15) is 46.0 Å². The van der Waals surface area contributed by atoms with Crippen LogP contribution in [-0.2, 0) is 25.6 Å². The molecule has 12 heavy (non-hydrogen) atoms. The van der Waals surface area contributed by atoms with Crippen molar-refractivity contribution in [2.24, 2.45) is 0 Å². The van der Waals surface area contributed by atoms with Crippen molar-refractivity contribution in [1.82, 2.24) is 0 Å². The van der Waals surface area contributed by atoms with Gasteiger partial charge in [-0.05, 0) is 24.3 Å². The van der Waals surface area contributed by atoms with Crippen molar-refractivity contribution < 1.29 is 30.5 Å². The molecule has 0 aromatic rings. The zero-order valence-electron chi connectivity index (χ0n) is 7.82. The second-order valence-electron chi connectivity index (χ2n) is 3.00. The van der Waals surface area contributed by atoms with Crippen LogP contribution in [-0.4, -0.2) is 10.6 Å². The van der Waals surface area contributed by atoms with Crippen LogP contribution in [0.4, 0.5) is 0 Å². The molecule has 0 aliphatic heterocycles. The molecule has 72 valence electrons. The van der Waals surface area contributed by atoms with E-state index >= 15 is 0 Å². The Bertz CT molecular complexity index is 120. The van der Waals surface area contributed by atoms with Gasteiger partial charge in [-0.25, -0.2) is 0 Å². The largest absolute Gasteiger partial charge is 0.508 e. The molecule has 0 rings (SSSR count). The van der Waals surface area contributed by atoms with Crippen molar-refractivity contribution in [1.29, 1.82) is 0 Å². The van der Waals surface area contributed by atoms with E-state index in [0.29, 0.717) is 0 Å². The van der Waals surface area contributed by atoms with Gasteiger partial charge in [-0.15, -0.1) is 0 Å². The predicted octanol–water partition coefficient (Wildman–Crippen LogP) is 3.08. The van der Waals surface area contributed by atoms with Gasteiger partial charge in [-0.1, -0.05) is 26.2 Å². The Morgan fingerprint density at radius 3 is 2.33 bits per heavy atom. The van der Waals surface area contributed by atoms with Gasteiger partial charge in [0, 0.05) is 21.1 Å². The average molecular weight is 273 g/mol. The van der Waals surface area contributed by atoms with E-state index in [1.165, 1.54) is 19.3 Å². The van der Waals surface area contributed by atoms with Crippen LogP contribution in [0.2, 0.25) is 0 Å². The van der Waals surface area contributed by atoms with E-state index in [-0.39, 0.29) is 26.7 Å². The van der Waals surface area contributed by atoms with Gasteiger partial charge in [0.25, 0.3) is 0 Å². The van der Waals surface area contributed by atoms with Crippen molar-refractivity contribution in [2.45, 2.75) is 51.6 Å². The van der Waals surface area contributed by atoms with Crippen molar-refractivity contribution >= 4 is 8.03 Å². The maximum atomic E-state index is 10.5. The van der Waals surface area contributed by atoms with Crippen LogP contribution in [0, 0.1) is 0 Å². The van der Waals surface area contributed by atoms with E-state index in [1.54, 1.807) is 0 Å². The molecule has 0 aliphatic rings. The van der Waals surface area contributed by atoms with Gasteiger partial charge in [-0.3, -0.25) is 0 Å². The molecule has 0 fully saturated rings. The van der Waals surface area contributed by atoms with Crippen molar-refractivity contribution in [3.05, 3.63) is 0 Å². The third-order valence-corrected chi connectivity index (χ3v) is 2.86. The summed E-state index contributed by atoms with van der Waals surface area (Å²) in [5.41, 5.74) is -0.0122. The summed E-state index contributed by atoms with van der Waals surface area (Å²) in [6, 6.07) is 0. The van der Waals surface area contributed by atoms with E-state index in [9.17, 15) is 4.57 Å². The van der Waals surface area contributed by atoms with Crippen LogP contribution < -0.4 is 0 Å². The monoisotopic (exact) mass is 275 g/mol. The van der Waals surface area contributed by atoms with E-state index in [0.717, 1.165) is 12.8 Å². The Kier molecular flexibility index (Phi) is 12.5. The first-order chi connectivity index (χ1) is 5.18. The van der Waals surface area contributed by atoms with E-state index in [4.69, 9.17) is 4.89 Å². The van der Waals surface area contributed by atoms with Crippen LogP contribution in [0.5, 0.6) is 0 Å². The number of rotatable bonds is 6. The normalized spacial score (nSPS) is 13.4. The Balaban J connectivity index is 0. The summed E-state index contributed by atoms with van der Waals surface area (Å²) in [5, 5.41) is 0. The Morgan fingerprint density at radius 2 is 1.92 bits per heavy atom. The van der Waals surface area contributed by atoms with Crippen molar-refractivity contribution in [3.63, 3.8) is 0 Å². The number of hydrogen-bond donors (Lipinski definition) is 1. The minimum atomic E-state index is -1.93. The van der Waals surface area contributed by atoms with Gasteiger partial charge in [0.05, 0.1) is 0 Å². The van der Waals surface area contributed by atoms with E-state index in [1.807, 2.05) is 6.92 Å². The van der Waals surface area contributed by atoms with Gasteiger partial charge in [-0.2, -0.15) is 4.89 Å². The number of unbranched alkanes of at least 4 members (excludes halogenated alkanes) is 3. The maximum absolute atomic E-state index is 10.5. The molecule has 0 radical (unpaired) electrons. The SMILES string of the molecule is CCCCCCC(C)[P+](=O)O.[Mo]. The van der Waals surface area contributed by atoms with Crippen molar-refractivity contribution in [2.75, 3.05) is 0 Å². The van der Waals surface area contributed by atoms with Crippen LogP contribution in [0.3, 0.4) is 0 Å². The van der Waals surface area contributed by atoms with E-state index in [2.05, 4.69) is 6.92 Å². The molecule has 4 heteroatoms. The first kappa shape index (κ1) is 15.2. The molecule has 0 bridgehead atoms. The molecule has 2 nitrogen and oxygen atoms in total. The van der Waals surface area contributed by atoms with Crippen molar-refractivity contribution in [3.8, 4) is 0 Å². The molecular weight excluding hydrogens is 255 g/mol. The minimum absolute atomic E-state index is 0. The van der Waals surface area contributed by atoms with Gasteiger partial charge < -0.3 is 0 Å². The molecule has 0 saturated carbocycles. The number of hydrogen-bond acceptors (Lipinski definition) is 1. The molecular formula is C8H18MoO2P+. The predicted molar refractivity (Wildman–Crippen MR) is 48.0 cm³/mol. The summed E-state index contributed by atoms with van der Waals surface area (Å²) < 4.78 is 10.5. The molecule has 0 aromatic heterocycles. The third kappa shape index (κ3) is 8.84. The minimum Gasteiger partial charge on any atom is -0.161 e. The molecule has 0 saturated heterocycles. The Hall–Kier alpha value is 0.748. The molecule has 2 atom stereocenters. The zero-order chi connectivity index (χ0) is 8.69. The summed E-state index contributed by atoms with van der Waals surface area (Å²) in [6.45, 7) is 4.00. The van der Waals surface area contributed by atoms with Gasteiger partial charge >= 0.3 is 8.03 Å². The zero-order valence-corrected chi connectivity index (χ0v) is 10.7. The molecule has 0 amide bonds. The fourth-order valence-corrected chi connectivity index (χ4v) is 1.38. The van der Waals surface area contributed by atoms with Crippen LogP contribution >= 0.6 is 8.03 Å². The molecule has 0 aromatic carbocycles. The summed E-state index contributed by atoms with van der Waals surface area (Å²) in [4.78, 5) is 8.69. The molecule has 2 unspecified atom stereocenters. The smallest absolute Gasteiger partial charge is 0.161 e. The van der Waals surface area contributed by atoms with E-state index < -0.39 is 8.03 Å². The molecule has 0 heterocycles. The Labute approximate surface area is 90.3 Å². The average Bonchev–Trinajstić information content (AvgIpc) is 1.97. The molecule has 1 N–H and O–H groups in total. The molecule has 0 aliphatic carbocycles.